The van der Waals surface area contributed by atoms with Crippen molar-refractivity contribution >= 4 is 33.6 Å². The third-order valence-electron chi connectivity index (χ3n) is 6.24. The summed E-state index contributed by atoms with van der Waals surface area (Å²) in [5, 5.41) is 7.60. The average Bonchev–Trinajstić information content (AvgIpc) is 3.27. The number of piperazine rings is 1. The summed E-state index contributed by atoms with van der Waals surface area (Å²) in [6.45, 7) is 8.82. The molecule has 2 aromatic carbocycles. The maximum Gasteiger partial charge on any atom is 0.263 e. The first-order valence-electron chi connectivity index (χ1n) is 11.7. The van der Waals surface area contributed by atoms with E-state index in [1.54, 1.807) is 0 Å². The second-order valence-corrected chi connectivity index (χ2v) is 8.95. The van der Waals surface area contributed by atoms with Gasteiger partial charge in [0.15, 0.2) is 0 Å². The van der Waals surface area contributed by atoms with Gasteiger partial charge in [0.2, 0.25) is 5.91 Å². The monoisotopic (exact) mass is 443 g/mol. The number of fused-ring (bicyclic) bond motifs is 2. The molecule has 7 nitrogen and oxygen atoms in total. The Morgan fingerprint density at radius 1 is 1.03 bits per heavy atom. The van der Waals surface area contributed by atoms with Gasteiger partial charge in [-0.3, -0.25) is 4.79 Å². The number of aryl methyl sites for hydroxylation is 1. The van der Waals surface area contributed by atoms with Gasteiger partial charge in [0.05, 0.1) is 0 Å². The molecule has 0 radical (unpaired) electrons. The van der Waals surface area contributed by atoms with Gasteiger partial charge in [-0.2, -0.15) is 4.98 Å². The van der Waals surface area contributed by atoms with Crippen molar-refractivity contribution in [2.75, 3.05) is 31.1 Å². The van der Waals surface area contributed by atoms with Crippen LogP contribution < -0.4 is 4.90 Å². The maximum atomic E-state index is 12.5. The fourth-order valence-corrected chi connectivity index (χ4v) is 4.48. The fraction of sp³-hybridized carbons (Fsp3) is 0.385. The van der Waals surface area contributed by atoms with Crippen LogP contribution in [0.1, 0.15) is 33.0 Å². The van der Waals surface area contributed by atoms with Gasteiger partial charge in [0.25, 0.3) is 5.71 Å². The normalized spacial score (nSPS) is 14.5. The number of rotatable bonds is 5. The van der Waals surface area contributed by atoms with E-state index in [-0.39, 0.29) is 11.8 Å². The lowest BCUT2D eigenvalue weighted by molar-refractivity contribution is -0.134. The Hall–Kier alpha value is -3.48. The van der Waals surface area contributed by atoms with Crippen LogP contribution in [0.2, 0.25) is 0 Å². The second kappa shape index (κ2) is 8.81. The Morgan fingerprint density at radius 2 is 1.79 bits per heavy atom. The molecular weight excluding hydrogens is 414 g/mol. The Bertz CT molecular complexity index is 1300. The van der Waals surface area contributed by atoms with Crippen LogP contribution in [0.3, 0.4) is 0 Å². The lowest BCUT2D eigenvalue weighted by atomic mass is 10.0. The molecular formula is C26H29N5O2. The Morgan fingerprint density at radius 3 is 2.52 bits per heavy atom. The van der Waals surface area contributed by atoms with Crippen molar-refractivity contribution in [3.63, 3.8) is 0 Å². The van der Waals surface area contributed by atoms with Crippen molar-refractivity contribution < 1.29 is 9.32 Å². The van der Waals surface area contributed by atoms with E-state index >= 15 is 0 Å². The minimum absolute atomic E-state index is 0.0102. The largest absolute Gasteiger partial charge is 0.352 e. The minimum atomic E-state index is 0.0102. The van der Waals surface area contributed by atoms with Crippen LogP contribution in [-0.2, 0) is 11.2 Å². The molecule has 0 aliphatic carbocycles. The van der Waals surface area contributed by atoms with Gasteiger partial charge in [-0.25, -0.2) is 4.98 Å². The molecule has 1 saturated heterocycles. The van der Waals surface area contributed by atoms with Crippen molar-refractivity contribution in [1.29, 1.82) is 0 Å². The molecule has 0 unspecified atom stereocenters. The summed E-state index contributed by atoms with van der Waals surface area (Å²) in [6.07, 6.45) is 1.73. The third-order valence-corrected chi connectivity index (χ3v) is 6.24. The van der Waals surface area contributed by atoms with Crippen molar-refractivity contribution in [3.05, 3.63) is 48.3 Å². The first-order chi connectivity index (χ1) is 16.0. The highest BCUT2D eigenvalue weighted by molar-refractivity contribution is 6.00. The number of benzene rings is 2. The highest BCUT2D eigenvalue weighted by Crippen LogP contribution is 2.35. The third kappa shape index (κ3) is 4.03. The van der Waals surface area contributed by atoms with Gasteiger partial charge >= 0.3 is 0 Å². The molecule has 0 atom stereocenters. The molecule has 5 rings (SSSR count). The Labute approximate surface area is 193 Å². The SMILES string of the molecule is CCCc1nc(N2CCN(C(=O)C(C)C)CC2)c2c(-c3ccc4ccccc4c3)noc2n1. The number of carbonyl (C=O) groups excluding carboxylic acids is 1. The summed E-state index contributed by atoms with van der Waals surface area (Å²) in [5.74, 6) is 1.83. The zero-order chi connectivity index (χ0) is 22.9. The fourth-order valence-electron chi connectivity index (χ4n) is 4.48. The van der Waals surface area contributed by atoms with Crippen LogP contribution in [-0.4, -0.2) is 52.1 Å². The summed E-state index contributed by atoms with van der Waals surface area (Å²) in [5.41, 5.74) is 2.26. The highest BCUT2D eigenvalue weighted by atomic mass is 16.5. The van der Waals surface area contributed by atoms with E-state index in [4.69, 9.17) is 9.51 Å². The molecule has 3 heterocycles. The van der Waals surface area contributed by atoms with Crippen molar-refractivity contribution in [2.45, 2.75) is 33.6 Å². The summed E-state index contributed by atoms with van der Waals surface area (Å²) >= 11 is 0. The van der Waals surface area contributed by atoms with Gasteiger partial charge in [-0.1, -0.05) is 62.3 Å². The van der Waals surface area contributed by atoms with E-state index in [1.165, 1.54) is 5.39 Å². The van der Waals surface area contributed by atoms with Crippen LogP contribution in [0.25, 0.3) is 33.1 Å². The zero-order valence-corrected chi connectivity index (χ0v) is 19.4. The summed E-state index contributed by atoms with van der Waals surface area (Å²) < 4.78 is 5.73. The molecule has 0 saturated carbocycles. The van der Waals surface area contributed by atoms with Gasteiger partial charge in [0, 0.05) is 44.1 Å². The summed E-state index contributed by atoms with van der Waals surface area (Å²) in [4.78, 5) is 26.3. The zero-order valence-electron chi connectivity index (χ0n) is 19.4. The van der Waals surface area contributed by atoms with Gasteiger partial charge < -0.3 is 14.3 Å². The molecule has 0 N–H and O–H groups in total. The molecule has 1 aliphatic heterocycles. The van der Waals surface area contributed by atoms with E-state index < -0.39 is 0 Å². The molecule has 1 fully saturated rings. The van der Waals surface area contributed by atoms with Crippen LogP contribution in [0.15, 0.2) is 47.0 Å². The molecule has 33 heavy (non-hydrogen) atoms. The lowest BCUT2D eigenvalue weighted by Gasteiger charge is -2.36. The van der Waals surface area contributed by atoms with Gasteiger partial charge in [-0.05, 0) is 23.3 Å². The van der Waals surface area contributed by atoms with Crippen LogP contribution in [0.5, 0.6) is 0 Å². The van der Waals surface area contributed by atoms with Crippen molar-refractivity contribution in [1.82, 2.24) is 20.0 Å². The number of carbonyl (C=O) groups is 1. The van der Waals surface area contributed by atoms with Crippen molar-refractivity contribution in [3.8, 4) is 11.3 Å². The first-order valence-corrected chi connectivity index (χ1v) is 11.7. The predicted octanol–water partition coefficient (Wildman–Crippen LogP) is 4.70. The van der Waals surface area contributed by atoms with Crippen LogP contribution in [0, 0.1) is 5.92 Å². The number of hydrogen-bond acceptors (Lipinski definition) is 6. The van der Waals surface area contributed by atoms with Crippen LogP contribution >= 0.6 is 0 Å². The lowest BCUT2D eigenvalue weighted by Crippen LogP contribution is -2.50. The molecule has 2 aromatic heterocycles. The maximum absolute atomic E-state index is 12.5. The first kappa shape index (κ1) is 21.4. The summed E-state index contributed by atoms with van der Waals surface area (Å²) in [7, 11) is 0. The standard InChI is InChI=1S/C26H29N5O2/c1-4-7-21-27-24(30-12-14-31(15-13-30)26(32)17(2)3)22-23(29-33-25(22)28-21)20-11-10-18-8-5-6-9-19(18)16-20/h5-6,8-11,16-17H,4,7,12-15H2,1-3H3. The molecule has 0 spiro atoms. The quantitative estimate of drug-likeness (QED) is 0.445. The average molecular weight is 444 g/mol. The smallest absolute Gasteiger partial charge is 0.263 e. The Kier molecular flexibility index (Phi) is 5.70. The van der Waals surface area contributed by atoms with E-state index in [0.717, 1.165) is 59.6 Å². The molecule has 7 heteroatoms. The number of nitrogens with zero attached hydrogens (tertiary/aromatic N) is 5. The number of aromatic nitrogens is 3. The van der Waals surface area contributed by atoms with Gasteiger partial charge in [-0.15, -0.1) is 0 Å². The van der Waals surface area contributed by atoms with Crippen LogP contribution in [0.4, 0.5) is 5.82 Å². The second-order valence-electron chi connectivity index (χ2n) is 8.95. The number of amides is 1. The van der Waals surface area contributed by atoms with E-state index in [1.807, 2.05) is 30.9 Å². The molecule has 170 valence electrons. The molecule has 1 amide bonds. The van der Waals surface area contributed by atoms with Crippen molar-refractivity contribution in [2.24, 2.45) is 5.92 Å². The molecule has 0 bridgehead atoms. The number of anilines is 1. The van der Waals surface area contributed by atoms with E-state index in [9.17, 15) is 4.79 Å². The molecule has 4 aromatic rings. The van der Waals surface area contributed by atoms with Gasteiger partial charge in [0.1, 0.15) is 22.7 Å². The van der Waals surface area contributed by atoms with E-state index in [0.29, 0.717) is 18.8 Å². The summed E-state index contributed by atoms with van der Waals surface area (Å²) in [6, 6.07) is 14.6. The topological polar surface area (TPSA) is 75.4 Å². The van der Waals surface area contributed by atoms with E-state index in [2.05, 4.69) is 52.3 Å². The predicted molar refractivity (Wildman–Crippen MR) is 130 cm³/mol. The highest BCUT2D eigenvalue weighted by Gasteiger charge is 2.27. The molecule has 1 aliphatic rings. The minimum Gasteiger partial charge on any atom is -0.352 e. The number of hydrogen-bond donors (Lipinski definition) is 0. The Balaban J connectivity index is 1.56.